The summed E-state index contributed by atoms with van der Waals surface area (Å²) in [6, 6.07) is 27.4. The summed E-state index contributed by atoms with van der Waals surface area (Å²) in [6.07, 6.45) is 2.06. The van der Waals surface area contributed by atoms with Crippen LogP contribution in [0.1, 0.15) is 22.9 Å². The van der Waals surface area contributed by atoms with E-state index in [1.54, 1.807) is 7.11 Å². The number of carbonyl (C=O) groups excluding carboxylic acids is 1. The van der Waals surface area contributed by atoms with Crippen LogP contribution < -0.4 is 10.1 Å². The molecule has 1 aliphatic heterocycles. The molecule has 1 aliphatic rings. The maximum absolute atomic E-state index is 13.6. The molecular formula is C26H22BrN3O2. The molecule has 160 valence electrons. The van der Waals surface area contributed by atoms with Gasteiger partial charge in [-0.05, 0) is 65.7 Å². The van der Waals surface area contributed by atoms with Crippen molar-refractivity contribution in [2.45, 2.75) is 12.6 Å². The number of amides is 2. The lowest BCUT2D eigenvalue weighted by atomic mass is 10.0. The van der Waals surface area contributed by atoms with E-state index in [-0.39, 0.29) is 12.1 Å². The standard InChI is InChI=1S/C26H22BrN3O2/c1-32-22-14-8-18(9-15-22)25-24-7-4-16-29(24)23-6-3-2-5-19(23)17-30(25)26(31)28-21-12-10-20(27)11-13-21/h2-16,25H,17H2,1H3,(H,28,31)/t25-/m0/s1. The summed E-state index contributed by atoms with van der Waals surface area (Å²) in [5.41, 5.74) is 4.98. The van der Waals surface area contributed by atoms with Crippen LogP contribution in [-0.2, 0) is 6.54 Å². The van der Waals surface area contributed by atoms with Gasteiger partial charge in [0.05, 0.1) is 25.4 Å². The van der Waals surface area contributed by atoms with E-state index in [1.807, 2.05) is 71.6 Å². The molecule has 6 heteroatoms. The number of nitrogens with zero attached hydrogens (tertiary/aromatic N) is 2. The average Bonchev–Trinajstić information content (AvgIpc) is 3.25. The van der Waals surface area contributed by atoms with Crippen LogP contribution in [0.2, 0.25) is 0 Å². The number of nitrogens with one attached hydrogen (secondary N) is 1. The largest absolute Gasteiger partial charge is 0.497 e. The molecule has 5 nitrogen and oxygen atoms in total. The Morgan fingerprint density at radius 2 is 1.72 bits per heavy atom. The van der Waals surface area contributed by atoms with E-state index >= 15 is 0 Å². The average molecular weight is 488 g/mol. The number of carbonyl (C=O) groups is 1. The molecule has 0 bridgehead atoms. The fraction of sp³-hybridized carbons (Fsp3) is 0.115. The number of aromatic nitrogens is 1. The zero-order valence-corrected chi connectivity index (χ0v) is 19.1. The predicted octanol–water partition coefficient (Wildman–Crippen LogP) is 6.39. The van der Waals surface area contributed by atoms with Crippen LogP contribution in [0.3, 0.4) is 0 Å². The van der Waals surface area contributed by atoms with Crippen LogP contribution in [0, 0.1) is 0 Å². The van der Waals surface area contributed by atoms with Crippen molar-refractivity contribution in [2.24, 2.45) is 0 Å². The van der Waals surface area contributed by atoms with Crippen molar-refractivity contribution in [2.75, 3.05) is 12.4 Å². The topological polar surface area (TPSA) is 46.5 Å². The highest BCUT2D eigenvalue weighted by atomic mass is 79.9. The van der Waals surface area contributed by atoms with Crippen LogP contribution in [0.25, 0.3) is 5.69 Å². The highest BCUT2D eigenvalue weighted by molar-refractivity contribution is 9.10. The molecule has 4 aromatic rings. The van der Waals surface area contributed by atoms with E-state index in [4.69, 9.17) is 4.74 Å². The Morgan fingerprint density at radius 1 is 0.969 bits per heavy atom. The summed E-state index contributed by atoms with van der Waals surface area (Å²) in [7, 11) is 1.65. The molecule has 3 aromatic carbocycles. The van der Waals surface area contributed by atoms with Gasteiger partial charge in [-0.2, -0.15) is 0 Å². The summed E-state index contributed by atoms with van der Waals surface area (Å²) >= 11 is 3.45. The Labute approximate surface area is 195 Å². The Balaban J connectivity index is 1.61. The minimum atomic E-state index is -0.265. The summed E-state index contributed by atoms with van der Waals surface area (Å²) in [5.74, 6) is 0.784. The molecule has 1 aromatic heterocycles. The van der Waals surface area contributed by atoms with Crippen molar-refractivity contribution in [3.63, 3.8) is 0 Å². The fourth-order valence-electron chi connectivity index (χ4n) is 4.20. The fourth-order valence-corrected chi connectivity index (χ4v) is 4.47. The molecule has 0 unspecified atom stereocenters. The third kappa shape index (κ3) is 3.78. The highest BCUT2D eigenvalue weighted by Gasteiger charge is 2.33. The third-order valence-corrected chi connectivity index (χ3v) is 6.28. The molecule has 1 atom stereocenters. The van der Waals surface area contributed by atoms with E-state index in [9.17, 15) is 4.79 Å². The van der Waals surface area contributed by atoms with E-state index in [0.29, 0.717) is 6.54 Å². The number of methoxy groups -OCH3 is 1. The quantitative estimate of drug-likeness (QED) is 0.364. The first-order chi connectivity index (χ1) is 15.6. The van der Waals surface area contributed by atoms with E-state index < -0.39 is 0 Å². The number of rotatable bonds is 3. The molecule has 5 rings (SSSR count). The molecule has 0 saturated carbocycles. The van der Waals surface area contributed by atoms with E-state index in [1.165, 1.54) is 0 Å². The second kappa shape index (κ2) is 8.55. The number of benzene rings is 3. The summed E-state index contributed by atoms with van der Waals surface area (Å²) in [6.45, 7) is 0.483. The van der Waals surface area contributed by atoms with E-state index in [2.05, 4.69) is 50.2 Å². The van der Waals surface area contributed by atoms with Gasteiger partial charge in [0.15, 0.2) is 0 Å². The van der Waals surface area contributed by atoms with Crippen LogP contribution in [0.4, 0.5) is 10.5 Å². The summed E-state index contributed by atoms with van der Waals surface area (Å²) in [4.78, 5) is 15.5. The second-order valence-corrected chi connectivity index (χ2v) is 8.59. The Bertz CT molecular complexity index is 1250. The number of halogens is 1. The van der Waals surface area contributed by atoms with Crippen LogP contribution >= 0.6 is 15.9 Å². The van der Waals surface area contributed by atoms with Crippen molar-refractivity contribution in [3.8, 4) is 11.4 Å². The first kappa shape index (κ1) is 20.4. The van der Waals surface area contributed by atoms with Gasteiger partial charge in [0.2, 0.25) is 0 Å². The number of anilines is 1. The van der Waals surface area contributed by atoms with Crippen LogP contribution in [0.5, 0.6) is 5.75 Å². The lowest BCUT2D eigenvalue weighted by Gasteiger charge is -2.31. The molecule has 2 amide bonds. The number of hydrogen-bond donors (Lipinski definition) is 1. The van der Waals surface area contributed by atoms with Gasteiger partial charge in [-0.15, -0.1) is 0 Å². The van der Waals surface area contributed by atoms with Crippen molar-refractivity contribution >= 4 is 27.6 Å². The molecule has 0 saturated heterocycles. The smallest absolute Gasteiger partial charge is 0.322 e. The Kier molecular flexibility index (Phi) is 5.45. The normalized spacial score (nSPS) is 14.8. The Morgan fingerprint density at radius 3 is 2.47 bits per heavy atom. The van der Waals surface area contributed by atoms with Gasteiger partial charge in [0.1, 0.15) is 5.75 Å². The van der Waals surface area contributed by atoms with E-state index in [0.717, 1.165) is 38.4 Å². The first-order valence-corrected chi connectivity index (χ1v) is 11.2. The van der Waals surface area contributed by atoms with Gasteiger partial charge in [0.25, 0.3) is 0 Å². The lowest BCUT2D eigenvalue weighted by Crippen LogP contribution is -2.37. The first-order valence-electron chi connectivity index (χ1n) is 10.4. The van der Waals surface area contributed by atoms with Gasteiger partial charge < -0.3 is 19.5 Å². The van der Waals surface area contributed by atoms with Crippen LogP contribution in [0.15, 0.2) is 95.6 Å². The second-order valence-electron chi connectivity index (χ2n) is 7.67. The van der Waals surface area contributed by atoms with Gasteiger partial charge in [-0.25, -0.2) is 4.79 Å². The molecule has 0 spiro atoms. The predicted molar refractivity (Wildman–Crippen MR) is 129 cm³/mol. The van der Waals surface area contributed by atoms with Crippen molar-refractivity contribution in [3.05, 3.63) is 112 Å². The van der Waals surface area contributed by atoms with Gasteiger partial charge in [-0.1, -0.05) is 46.3 Å². The van der Waals surface area contributed by atoms with Crippen molar-refractivity contribution < 1.29 is 9.53 Å². The molecule has 32 heavy (non-hydrogen) atoms. The number of fused-ring (bicyclic) bond motifs is 3. The molecule has 2 heterocycles. The van der Waals surface area contributed by atoms with Gasteiger partial charge >= 0.3 is 6.03 Å². The van der Waals surface area contributed by atoms with Crippen molar-refractivity contribution in [1.29, 1.82) is 0 Å². The minimum Gasteiger partial charge on any atom is -0.497 e. The highest BCUT2D eigenvalue weighted by Crippen LogP contribution is 2.37. The monoisotopic (exact) mass is 487 g/mol. The van der Waals surface area contributed by atoms with Gasteiger partial charge in [0, 0.05) is 22.1 Å². The third-order valence-electron chi connectivity index (χ3n) is 5.75. The number of urea groups is 1. The lowest BCUT2D eigenvalue weighted by molar-refractivity contribution is 0.194. The number of para-hydroxylation sites is 1. The molecule has 0 aliphatic carbocycles. The van der Waals surface area contributed by atoms with Crippen LogP contribution in [-0.4, -0.2) is 22.6 Å². The molecule has 1 N–H and O–H groups in total. The molecule has 0 fully saturated rings. The molecule has 0 radical (unpaired) electrons. The zero-order chi connectivity index (χ0) is 22.1. The minimum absolute atomic E-state index is 0.155. The summed E-state index contributed by atoms with van der Waals surface area (Å²) < 4.78 is 8.49. The Hall–Kier alpha value is -3.51. The SMILES string of the molecule is COc1ccc([C@H]2c3cccn3-c3ccccc3CN2C(=O)Nc2ccc(Br)cc2)cc1. The molecular weight excluding hydrogens is 466 g/mol. The summed E-state index contributed by atoms with van der Waals surface area (Å²) in [5, 5.41) is 3.07. The number of hydrogen-bond acceptors (Lipinski definition) is 2. The van der Waals surface area contributed by atoms with Gasteiger partial charge in [-0.3, -0.25) is 0 Å². The number of ether oxygens (including phenoxy) is 1. The van der Waals surface area contributed by atoms with Crippen molar-refractivity contribution in [1.82, 2.24) is 9.47 Å². The maximum atomic E-state index is 13.6. The zero-order valence-electron chi connectivity index (χ0n) is 17.5. The maximum Gasteiger partial charge on any atom is 0.322 e.